The minimum Gasteiger partial charge on any atom is -0.351 e. The van der Waals surface area contributed by atoms with Crippen molar-refractivity contribution >= 4 is 29.2 Å². The zero-order chi connectivity index (χ0) is 15.2. The maximum absolute atomic E-state index is 12.1. The summed E-state index contributed by atoms with van der Waals surface area (Å²) in [6, 6.07) is 4.87. The van der Waals surface area contributed by atoms with E-state index in [2.05, 4.69) is 16.0 Å². The van der Waals surface area contributed by atoms with Gasteiger partial charge in [-0.05, 0) is 24.7 Å². The topological polar surface area (TPSA) is 73.5 Å². The summed E-state index contributed by atoms with van der Waals surface area (Å²) in [5, 5.41) is 9.02. The van der Waals surface area contributed by atoms with E-state index in [1.54, 1.807) is 23.1 Å². The fraction of sp³-hybridized carbons (Fsp3) is 0.429. The van der Waals surface area contributed by atoms with E-state index in [9.17, 15) is 9.59 Å². The Kier molecular flexibility index (Phi) is 5.41. The highest BCUT2D eigenvalue weighted by molar-refractivity contribution is 6.34. The standard InChI is InChI=1S/C14H19ClN4O2/c1-2-16-5-6-17-13(20)11-9-10(3-4-12(11)15)19-8-7-18-14(19)21/h3-4,9,16H,2,5-8H2,1H3,(H,17,20)(H,18,21). The van der Waals surface area contributed by atoms with E-state index in [1.807, 2.05) is 6.92 Å². The van der Waals surface area contributed by atoms with Gasteiger partial charge < -0.3 is 16.0 Å². The molecule has 1 aromatic rings. The number of benzene rings is 1. The molecule has 0 aliphatic carbocycles. The molecule has 1 aliphatic rings. The number of amides is 3. The number of rotatable bonds is 6. The van der Waals surface area contributed by atoms with Crippen LogP contribution in [0.4, 0.5) is 10.5 Å². The number of nitrogens with one attached hydrogen (secondary N) is 3. The van der Waals surface area contributed by atoms with Gasteiger partial charge in [0.25, 0.3) is 5.91 Å². The minimum atomic E-state index is -0.237. The SMILES string of the molecule is CCNCCNC(=O)c1cc(N2CCNC2=O)ccc1Cl. The summed E-state index contributed by atoms with van der Waals surface area (Å²) in [6.07, 6.45) is 0. The molecule has 3 amide bonds. The molecule has 3 N–H and O–H groups in total. The molecule has 0 aromatic heterocycles. The van der Waals surface area contributed by atoms with Crippen molar-refractivity contribution in [2.45, 2.75) is 6.92 Å². The number of urea groups is 1. The highest BCUT2D eigenvalue weighted by atomic mass is 35.5. The Hall–Kier alpha value is -1.79. The van der Waals surface area contributed by atoms with E-state index in [1.165, 1.54) is 0 Å². The molecule has 0 unspecified atom stereocenters. The molecule has 21 heavy (non-hydrogen) atoms. The number of hydrogen-bond donors (Lipinski definition) is 3. The molecule has 1 aliphatic heterocycles. The highest BCUT2D eigenvalue weighted by Crippen LogP contribution is 2.24. The van der Waals surface area contributed by atoms with Crippen LogP contribution < -0.4 is 20.9 Å². The van der Waals surface area contributed by atoms with Crippen LogP contribution >= 0.6 is 11.6 Å². The maximum Gasteiger partial charge on any atom is 0.321 e. The van der Waals surface area contributed by atoms with E-state index in [-0.39, 0.29) is 11.9 Å². The predicted molar refractivity (Wildman–Crippen MR) is 83.1 cm³/mol. The lowest BCUT2D eigenvalue weighted by Gasteiger charge is -2.16. The number of nitrogens with zero attached hydrogens (tertiary/aromatic N) is 1. The third-order valence-electron chi connectivity index (χ3n) is 3.20. The monoisotopic (exact) mass is 310 g/mol. The van der Waals surface area contributed by atoms with Gasteiger partial charge in [-0.2, -0.15) is 0 Å². The lowest BCUT2D eigenvalue weighted by atomic mass is 10.1. The summed E-state index contributed by atoms with van der Waals surface area (Å²) < 4.78 is 0. The summed E-state index contributed by atoms with van der Waals surface area (Å²) >= 11 is 6.08. The number of anilines is 1. The maximum atomic E-state index is 12.1. The summed E-state index contributed by atoms with van der Waals surface area (Å²) in [5.74, 6) is -0.237. The summed E-state index contributed by atoms with van der Waals surface area (Å²) in [5.41, 5.74) is 1.05. The number of carbonyl (C=O) groups is 2. The van der Waals surface area contributed by atoms with Crippen molar-refractivity contribution in [3.63, 3.8) is 0 Å². The molecule has 0 saturated carbocycles. The lowest BCUT2D eigenvalue weighted by molar-refractivity contribution is 0.0954. The van der Waals surface area contributed by atoms with Crippen molar-refractivity contribution < 1.29 is 9.59 Å². The van der Waals surface area contributed by atoms with Crippen LogP contribution in [0.25, 0.3) is 0 Å². The van der Waals surface area contributed by atoms with Gasteiger partial charge in [-0.25, -0.2) is 4.79 Å². The second-order valence-electron chi connectivity index (χ2n) is 4.66. The van der Waals surface area contributed by atoms with E-state index in [0.717, 1.165) is 6.54 Å². The average molecular weight is 311 g/mol. The van der Waals surface area contributed by atoms with Crippen molar-refractivity contribution in [3.8, 4) is 0 Å². The van der Waals surface area contributed by atoms with Gasteiger partial charge in [0, 0.05) is 31.9 Å². The van der Waals surface area contributed by atoms with E-state index < -0.39 is 0 Å². The molecule has 2 rings (SSSR count). The Morgan fingerprint density at radius 2 is 2.24 bits per heavy atom. The van der Waals surface area contributed by atoms with Crippen LogP contribution in [0, 0.1) is 0 Å². The van der Waals surface area contributed by atoms with Gasteiger partial charge in [0.15, 0.2) is 0 Å². The van der Waals surface area contributed by atoms with Gasteiger partial charge in [-0.1, -0.05) is 18.5 Å². The minimum absolute atomic E-state index is 0.157. The predicted octanol–water partition coefficient (Wildman–Crippen LogP) is 1.21. The van der Waals surface area contributed by atoms with Gasteiger partial charge in [0.2, 0.25) is 0 Å². The Labute approximate surface area is 128 Å². The summed E-state index contributed by atoms with van der Waals surface area (Å²) in [6.45, 7) is 5.28. The first-order chi connectivity index (χ1) is 10.1. The number of halogens is 1. The van der Waals surface area contributed by atoms with Gasteiger partial charge >= 0.3 is 6.03 Å². The van der Waals surface area contributed by atoms with Gasteiger partial charge in [-0.15, -0.1) is 0 Å². The largest absolute Gasteiger partial charge is 0.351 e. The Balaban J connectivity index is 2.08. The first kappa shape index (κ1) is 15.6. The Bertz CT molecular complexity index is 536. The number of carbonyl (C=O) groups excluding carboxylic acids is 2. The van der Waals surface area contributed by atoms with Crippen molar-refractivity contribution in [2.24, 2.45) is 0 Å². The molecule has 0 atom stereocenters. The highest BCUT2D eigenvalue weighted by Gasteiger charge is 2.22. The van der Waals surface area contributed by atoms with Crippen LogP contribution in [-0.2, 0) is 0 Å². The molecular weight excluding hydrogens is 292 g/mol. The molecule has 1 fully saturated rings. The molecule has 114 valence electrons. The molecule has 1 aromatic carbocycles. The second kappa shape index (κ2) is 7.28. The van der Waals surface area contributed by atoms with Crippen molar-refractivity contribution in [3.05, 3.63) is 28.8 Å². The fourth-order valence-electron chi connectivity index (χ4n) is 2.11. The number of hydrogen-bond acceptors (Lipinski definition) is 3. The first-order valence-electron chi connectivity index (χ1n) is 6.97. The Morgan fingerprint density at radius 3 is 2.90 bits per heavy atom. The normalized spacial score (nSPS) is 14.2. The third-order valence-corrected chi connectivity index (χ3v) is 3.53. The first-order valence-corrected chi connectivity index (χ1v) is 7.35. The summed E-state index contributed by atoms with van der Waals surface area (Å²) in [7, 11) is 0. The molecule has 6 nitrogen and oxygen atoms in total. The number of likely N-dealkylation sites (N-methyl/N-ethyl adjacent to an activating group) is 1. The smallest absolute Gasteiger partial charge is 0.321 e. The van der Waals surface area contributed by atoms with Crippen molar-refractivity contribution in [1.29, 1.82) is 0 Å². The molecule has 1 heterocycles. The van der Waals surface area contributed by atoms with Gasteiger partial charge in [0.1, 0.15) is 0 Å². The van der Waals surface area contributed by atoms with Crippen LogP contribution in [0.5, 0.6) is 0 Å². The van der Waals surface area contributed by atoms with Crippen molar-refractivity contribution in [1.82, 2.24) is 16.0 Å². The molecule has 0 radical (unpaired) electrons. The second-order valence-corrected chi connectivity index (χ2v) is 5.06. The van der Waals surface area contributed by atoms with Crippen LogP contribution in [0.3, 0.4) is 0 Å². The summed E-state index contributed by atoms with van der Waals surface area (Å²) in [4.78, 5) is 25.4. The average Bonchev–Trinajstić information content (AvgIpc) is 2.90. The third kappa shape index (κ3) is 3.86. The Morgan fingerprint density at radius 1 is 1.43 bits per heavy atom. The fourth-order valence-corrected chi connectivity index (χ4v) is 2.31. The van der Waals surface area contributed by atoms with E-state index in [0.29, 0.717) is 42.5 Å². The van der Waals surface area contributed by atoms with Crippen molar-refractivity contribution in [2.75, 3.05) is 37.6 Å². The zero-order valence-corrected chi connectivity index (χ0v) is 12.7. The van der Waals surface area contributed by atoms with Crippen LogP contribution in [0.15, 0.2) is 18.2 Å². The van der Waals surface area contributed by atoms with Gasteiger partial charge in [-0.3, -0.25) is 9.69 Å². The van der Waals surface area contributed by atoms with E-state index >= 15 is 0 Å². The van der Waals surface area contributed by atoms with Crippen LogP contribution in [0.2, 0.25) is 5.02 Å². The molecule has 7 heteroatoms. The van der Waals surface area contributed by atoms with E-state index in [4.69, 9.17) is 11.6 Å². The van der Waals surface area contributed by atoms with Crippen LogP contribution in [0.1, 0.15) is 17.3 Å². The van der Waals surface area contributed by atoms with Gasteiger partial charge in [0.05, 0.1) is 10.6 Å². The lowest BCUT2D eigenvalue weighted by Crippen LogP contribution is -2.32. The molecule has 0 bridgehead atoms. The molecule has 1 saturated heterocycles. The molecule has 0 spiro atoms. The van der Waals surface area contributed by atoms with Crippen LogP contribution in [-0.4, -0.2) is 44.7 Å². The quantitative estimate of drug-likeness (QED) is 0.692. The molecular formula is C14H19ClN4O2. The zero-order valence-electron chi connectivity index (χ0n) is 11.9.